The normalized spacial score (nSPS) is 11.8. The number of benzene rings is 4. The third-order valence-corrected chi connectivity index (χ3v) is 6.56. The Kier molecular flexibility index (Phi) is 6.25. The molecule has 0 fully saturated rings. The van der Waals surface area contributed by atoms with Crippen LogP contribution in [0.3, 0.4) is 0 Å². The molecule has 0 spiro atoms. The SMILES string of the molecule is COc1c(/C(C)=C/C(=O)Nc2ccc(F)c(Cl)c2)cc2c(-c3ccc4ccccc4c3)coc2c1C. The second-order valence-electron chi connectivity index (χ2n) is 8.62. The third-order valence-electron chi connectivity index (χ3n) is 6.27. The first-order chi connectivity index (χ1) is 17.4. The Bertz CT molecular complexity index is 1670. The molecule has 0 saturated heterocycles. The molecule has 1 aromatic heterocycles. The zero-order valence-electron chi connectivity index (χ0n) is 20.0. The van der Waals surface area contributed by atoms with Crippen molar-refractivity contribution in [2.75, 3.05) is 12.4 Å². The van der Waals surface area contributed by atoms with Crippen LogP contribution in [0.5, 0.6) is 5.75 Å². The minimum atomic E-state index is -0.544. The fraction of sp³-hybridized carbons (Fsp3) is 0.100. The molecule has 0 unspecified atom stereocenters. The van der Waals surface area contributed by atoms with E-state index in [1.807, 2.05) is 32.0 Å². The van der Waals surface area contributed by atoms with E-state index in [1.54, 1.807) is 13.4 Å². The lowest BCUT2D eigenvalue weighted by molar-refractivity contribution is -0.111. The Morgan fingerprint density at radius 1 is 1.06 bits per heavy atom. The van der Waals surface area contributed by atoms with Crippen molar-refractivity contribution in [2.24, 2.45) is 0 Å². The Hall–Kier alpha value is -4.09. The van der Waals surface area contributed by atoms with Crippen LogP contribution in [-0.4, -0.2) is 13.0 Å². The van der Waals surface area contributed by atoms with Crippen molar-refractivity contribution < 1.29 is 18.3 Å². The molecule has 0 aliphatic carbocycles. The summed E-state index contributed by atoms with van der Waals surface area (Å²) in [7, 11) is 1.60. The summed E-state index contributed by atoms with van der Waals surface area (Å²) in [6, 6.07) is 20.6. The molecule has 5 aromatic rings. The van der Waals surface area contributed by atoms with Crippen LogP contribution in [-0.2, 0) is 4.79 Å². The van der Waals surface area contributed by atoms with Crippen molar-refractivity contribution in [1.82, 2.24) is 0 Å². The molecule has 1 heterocycles. The van der Waals surface area contributed by atoms with Crippen molar-refractivity contribution in [3.63, 3.8) is 0 Å². The Balaban J connectivity index is 1.56. The molecule has 0 atom stereocenters. The van der Waals surface area contributed by atoms with E-state index in [0.29, 0.717) is 17.0 Å². The van der Waals surface area contributed by atoms with Gasteiger partial charge < -0.3 is 14.5 Å². The van der Waals surface area contributed by atoms with E-state index in [-0.39, 0.29) is 10.9 Å². The van der Waals surface area contributed by atoms with Gasteiger partial charge in [-0.25, -0.2) is 4.39 Å². The summed E-state index contributed by atoms with van der Waals surface area (Å²) in [6.45, 7) is 3.78. The lowest BCUT2D eigenvalue weighted by Gasteiger charge is -2.13. The molecule has 180 valence electrons. The number of carbonyl (C=O) groups is 1. The lowest BCUT2D eigenvalue weighted by atomic mass is 9.95. The van der Waals surface area contributed by atoms with Gasteiger partial charge in [0.2, 0.25) is 5.91 Å². The van der Waals surface area contributed by atoms with Crippen LogP contribution in [0.1, 0.15) is 18.1 Å². The highest BCUT2D eigenvalue weighted by Crippen LogP contribution is 2.41. The topological polar surface area (TPSA) is 51.5 Å². The maximum Gasteiger partial charge on any atom is 0.248 e. The number of ether oxygens (including phenoxy) is 1. The summed E-state index contributed by atoms with van der Waals surface area (Å²) >= 11 is 5.83. The van der Waals surface area contributed by atoms with Crippen molar-refractivity contribution in [3.8, 4) is 16.9 Å². The molecule has 4 nitrogen and oxygen atoms in total. The summed E-state index contributed by atoms with van der Waals surface area (Å²) in [5.74, 6) is -0.276. The van der Waals surface area contributed by atoms with Crippen LogP contribution in [0.15, 0.2) is 83.5 Å². The number of methoxy groups -OCH3 is 1. The molecule has 0 aliphatic heterocycles. The largest absolute Gasteiger partial charge is 0.496 e. The highest BCUT2D eigenvalue weighted by Gasteiger charge is 2.19. The maximum absolute atomic E-state index is 13.4. The Morgan fingerprint density at radius 2 is 1.83 bits per heavy atom. The fourth-order valence-corrected chi connectivity index (χ4v) is 4.66. The van der Waals surface area contributed by atoms with E-state index in [4.69, 9.17) is 20.8 Å². The molecular weight excluding hydrogens is 477 g/mol. The lowest BCUT2D eigenvalue weighted by Crippen LogP contribution is -2.09. The van der Waals surface area contributed by atoms with Crippen LogP contribution in [0.2, 0.25) is 5.02 Å². The Labute approximate surface area is 212 Å². The number of hydrogen-bond acceptors (Lipinski definition) is 3. The number of amides is 1. The van der Waals surface area contributed by atoms with Gasteiger partial charge in [-0.3, -0.25) is 4.79 Å². The smallest absolute Gasteiger partial charge is 0.248 e. The predicted molar refractivity (Wildman–Crippen MR) is 144 cm³/mol. The minimum absolute atomic E-state index is 0.0579. The Morgan fingerprint density at radius 3 is 2.58 bits per heavy atom. The molecule has 0 aliphatic rings. The molecular formula is C30H23ClFNO3. The van der Waals surface area contributed by atoms with Crippen molar-refractivity contribution in [1.29, 1.82) is 0 Å². The molecule has 1 N–H and O–H groups in total. The molecule has 0 radical (unpaired) electrons. The number of aryl methyl sites for hydroxylation is 1. The van der Waals surface area contributed by atoms with Gasteiger partial charge in [0.25, 0.3) is 0 Å². The van der Waals surface area contributed by atoms with E-state index >= 15 is 0 Å². The van der Waals surface area contributed by atoms with Gasteiger partial charge in [0.15, 0.2) is 0 Å². The predicted octanol–water partition coefficient (Wildman–Crippen LogP) is 8.40. The number of nitrogens with one attached hydrogen (secondary N) is 1. The first-order valence-electron chi connectivity index (χ1n) is 11.4. The first kappa shape index (κ1) is 23.6. The van der Waals surface area contributed by atoms with Crippen molar-refractivity contribution in [2.45, 2.75) is 13.8 Å². The molecule has 36 heavy (non-hydrogen) atoms. The number of furan rings is 1. The summed E-state index contributed by atoms with van der Waals surface area (Å²) in [5, 5.41) is 5.90. The maximum atomic E-state index is 13.4. The molecule has 4 aromatic carbocycles. The monoisotopic (exact) mass is 499 g/mol. The second-order valence-corrected chi connectivity index (χ2v) is 9.02. The number of allylic oxidation sites excluding steroid dienone is 1. The van der Waals surface area contributed by atoms with Gasteiger partial charge in [0.05, 0.1) is 18.4 Å². The number of anilines is 1. The zero-order valence-corrected chi connectivity index (χ0v) is 20.7. The van der Waals surface area contributed by atoms with Gasteiger partial charge in [-0.2, -0.15) is 0 Å². The van der Waals surface area contributed by atoms with Crippen LogP contribution in [0, 0.1) is 12.7 Å². The van der Waals surface area contributed by atoms with E-state index in [0.717, 1.165) is 38.6 Å². The number of fused-ring (bicyclic) bond motifs is 2. The van der Waals surface area contributed by atoms with E-state index < -0.39 is 5.82 Å². The molecule has 0 bridgehead atoms. The highest BCUT2D eigenvalue weighted by molar-refractivity contribution is 6.31. The van der Waals surface area contributed by atoms with Crippen LogP contribution in [0.4, 0.5) is 10.1 Å². The van der Waals surface area contributed by atoms with E-state index in [9.17, 15) is 9.18 Å². The summed E-state index contributed by atoms with van der Waals surface area (Å²) in [5.41, 5.74) is 5.46. The van der Waals surface area contributed by atoms with Gasteiger partial charge in [-0.1, -0.05) is 48.0 Å². The van der Waals surface area contributed by atoms with Crippen LogP contribution in [0.25, 0.3) is 38.4 Å². The standard InChI is InChI=1S/C30H23ClFNO3/c1-17(12-28(34)33-22-10-11-27(32)26(31)14-22)23-15-24-25(16-36-30(24)18(2)29(23)35-3)21-9-8-19-6-4-5-7-20(19)13-21/h4-16H,1-3H3,(H,33,34)/b17-12+. The summed E-state index contributed by atoms with van der Waals surface area (Å²) < 4.78 is 25.1. The highest BCUT2D eigenvalue weighted by atomic mass is 35.5. The second kappa shape index (κ2) is 9.51. The molecule has 0 saturated carbocycles. The van der Waals surface area contributed by atoms with Gasteiger partial charge in [0, 0.05) is 33.8 Å². The summed E-state index contributed by atoms with van der Waals surface area (Å²) in [6.07, 6.45) is 3.24. The quantitative estimate of drug-likeness (QED) is 0.247. The minimum Gasteiger partial charge on any atom is -0.496 e. The average molecular weight is 500 g/mol. The zero-order chi connectivity index (χ0) is 25.4. The van der Waals surface area contributed by atoms with Crippen molar-refractivity contribution >= 4 is 50.5 Å². The number of rotatable bonds is 5. The van der Waals surface area contributed by atoms with Crippen LogP contribution >= 0.6 is 11.6 Å². The van der Waals surface area contributed by atoms with E-state index in [1.165, 1.54) is 29.7 Å². The van der Waals surface area contributed by atoms with Gasteiger partial charge in [-0.05, 0) is 66.1 Å². The summed E-state index contributed by atoms with van der Waals surface area (Å²) in [4.78, 5) is 12.7. The van der Waals surface area contributed by atoms with E-state index in [2.05, 4.69) is 35.6 Å². The molecule has 5 rings (SSSR count). The number of halogens is 2. The van der Waals surface area contributed by atoms with Crippen molar-refractivity contribution in [3.05, 3.63) is 101 Å². The number of carbonyl (C=O) groups excluding carboxylic acids is 1. The molecule has 6 heteroatoms. The van der Waals surface area contributed by atoms with Gasteiger partial charge in [-0.15, -0.1) is 0 Å². The number of hydrogen-bond donors (Lipinski definition) is 1. The van der Waals surface area contributed by atoms with Crippen LogP contribution < -0.4 is 10.1 Å². The average Bonchev–Trinajstić information content (AvgIpc) is 3.30. The molecule has 1 amide bonds. The van der Waals surface area contributed by atoms with Gasteiger partial charge >= 0.3 is 0 Å². The first-order valence-corrected chi connectivity index (χ1v) is 11.8. The fourth-order valence-electron chi connectivity index (χ4n) is 4.48. The van der Waals surface area contributed by atoms with Gasteiger partial charge in [0.1, 0.15) is 17.1 Å². The third kappa shape index (κ3) is 4.34.